The SMILES string of the molecule is Cc1ccc(C)c(C(=O)CCC(=O)NCC2CCN(c3cccc(Br)c3)C2)c1. The molecule has 28 heavy (non-hydrogen) atoms. The van der Waals surface area contributed by atoms with Gasteiger partial charge in [0.2, 0.25) is 5.91 Å². The lowest BCUT2D eigenvalue weighted by Crippen LogP contribution is -2.31. The van der Waals surface area contributed by atoms with E-state index in [9.17, 15) is 9.59 Å². The van der Waals surface area contributed by atoms with E-state index in [-0.39, 0.29) is 24.5 Å². The number of nitrogens with one attached hydrogen (secondary N) is 1. The van der Waals surface area contributed by atoms with Gasteiger partial charge in [-0.25, -0.2) is 0 Å². The summed E-state index contributed by atoms with van der Waals surface area (Å²) in [4.78, 5) is 27.0. The van der Waals surface area contributed by atoms with E-state index in [1.807, 2.05) is 44.2 Å². The van der Waals surface area contributed by atoms with E-state index in [0.717, 1.165) is 40.7 Å². The Balaban J connectivity index is 1.42. The molecule has 5 heteroatoms. The third-order valence-electron chi connectivity index (χ3n) is 5.32. The summed E-state index contributed by atoms with van der Waals surface area (Å²) in [6, 6.07) is 14.2. The molecule has 3 rings (SSSR count). The average molecular weight is 443 g/mol. The van der Waals surface area contributed by atoms with E-state index in [2.05, 4.69) is 38.3 Å². The number of ketones is 1. The molecule has 2 aromatic rings. The van der Waals surface area contributed by atoms with Crippen molar-refractivity contribution in [1.29, 1.82) is 0 Å². The van der Waals surface area contributed by atoms with Crippen molar-refractivity contribution >= 4 is 33.3 Å². The Bertz CT molecular complexity index is 865. The van der Waals surface area contributed by atoms with Gasteiger partial charge in [0.25, 0.3) is 0 Å². The predicted molar refractivity (Wildman–Crippen MR) is 117 cm³/mol. The van der Waals surface area contributed by atoms with E-state index in [0.29, 0.717) is 12.5 Å². The van der Waals surface area contributed by atoms with Crippen LogP contribution < -0.4 is 10.2 Å². The molecule has 1 unspecified atom stereocenters. The lowest BCUT2D eigenvalue weighted by molar-refractivity contribution is -0.121. The molecule has 1 aliphatic rings. The minimum atomic E-state index is -0.0421. The maximum Gasteiger partial charge on any atom is 0.220 e. The summed E-state index contributed by atoms with van der Waals surface area (Å²) in [5, 5.41) is 3.01. The number of rotatable bonds is 7. The summed E-state index contributed by atoms with van der Waals surface area (Å²) >= 11 is 3.52. The smallest absolute Gasteiger partial charge is 0.220 e. The fourth-order valence-electron chi connectivity index (χ4n) is 3.65. The van der Waals surface area contributed by atoms with Crippen LogP contribution in [-0.2, 0) is 4.79 Å². The first-order chi connectivity index (χ1) is 13.4. The molecule has 0 aliphatic carbocycles. The molecule has 0 spiro atoms. The largest absolute Gasteiger partial charge is 0.371 e. The maximum absolute atomic E-state index is 12.4. The van der Waals surface area contributed by atoms with Gasteiger partial charge >= 0.3 is 0 Å². The van der Waals surface area contributed by atoms with Crippen molar-refractivity contribution in [2.24, 2.45) is 5.92 Å². The van der Waals surface area contributed by atoms with Crippen LogP contribution in [0.15, 0.2) is 46.9 Å². The molecule has 4 nitrogen and oxygen atoms in total. The number of anilines is 1. The molecule has 1 aliphatic heterocycles. The highest BCUT2D eigenvalue weighted by atomic mass is 79.9. The number of carbonyl (C=O) groups is 2. The summed E-state index contributed by atoms with van der Waals surface area (Å²) in [5.74, 6) is 0.440. The number of hydrogen-bond donors (Lipinski definition) is 1. The van der Waals surface area contributed by atoms with Gasteiger partial charge in [-0.3, -0.25) is 9.59 Å². The van der Waals surface area contributed by atoms with Crippen molar-refractivity contribution in [2.45, 2.75) is 33.1 Å². The van der Waals surface area contributed by atoms with Crippen LogP contribution in [-0.4, -0.2) is 31.3 Å². The highest BCUT2D eigenvalue weighted by Crippen LogP contribution is 2.26. The van der Waals surface area contributed by atoms with Crippen molar-refractivity contribution in [2.75, 3.05) is 24.5 Å². The third kappa shape index (κ3) is 5.44. The Morgan fingerprint density at radius 3 is 2.75 bits per heavy atom. The van der Waals surface area contributed by atoms with Gasteiger partial charge in [0.15, 0.2) is 5.78 Å². The fourth-order valence-corrected chi connectivity index (χ4v) is 4.04. The van der Waals surface area contributed by atoms with E-state index in [4.69, 9.17) is 0 Å². The van der Waals surface area contributed by atoms with Gasteiger partial charge < -0.3 is 10.2 Å². The highest BCUT2D eigenvalue weighted by Gasteiger charge is 2.23. The molecule has 0 bridgehead atoms. The van der Waals surface area contributed by atoms with E-state index < -0.39 is 0 Å². The number of hydrogen-bond acceptors (Lipinski definition) is 3. The number of Topliss-reactive ketones (excluding diaryl/α,β-unsaturated/α-hetero) is 1. The first-order valence-corrected chi connectivity index (χ1v) is 10.6. The molecule has 1 amide bonds. The molecule has 0 saturated carbocycles. The Morgan fingerprint density at radius 1 is 1.14 bits per heavy atom. The van der Waals surface area contributed by atoms with Gasteiger partial charge in [0.05, 0.1) is 0 Å². The van der Waals surface area contributed by atoms with Crippen LogP contribution in [0.4, 0.5) is 5.69 Å². The van der Waals surface area contributed by atoms with Crippen LogP contribution in [0.3, 0.4) is 0 Å². The molecule has 1 N–H and O–H groups in total. The van der Waals surface area contributed by atoms with Crippen molar-refractivity contribution in [3.63, 3.8) is 0 Å². The number of amides is 1. The predicted octanol–water partition coefficient (Wildman–Crippen LogP) is 4.67. The summed E-state index contributed by atoms with van der Waals surface area (Å²) in [6.07, 6.45) is 1.56. The fraction of sp³-hybridized carbons (Fsp3) is 0.391. The number of halogens is 1. The second-order valence-electron chi connectivity index (χ2n) is 7.63. The number of benzene rings is 2. The standard InChI is InChI=1S/C23H27BrN2O2/c1-16-6-7-17(2)21(12-16)22(27)8-9-23(28)25-14-18-10-11-26(15-18)20-5-3-4-19(24)13-20/h3-7,12-13,18H,8-11,14-15H2,1-2H3,(H,25,28). The Morgan fingerprint density at radius 2 is 1.96 bits per heavy atom. The minimum Gasteiger partial charge on any atom is -0.371 e. The zero-order valence-electron chi connectivity index (χ0n) is 16.5. The molecular formula is C23H27BrN2O2. The first-order valence-electron chi connectivity index (χ1n) is 9.80. The topological polar surface area (TPSA) is 49.4 Å². The van der Waals surface area contributed by atoms with Gasteiger partial charge in [-0.05, 0) is 56.0 Å². The molecule has 0 aromatic heterocycles. The first kappa shape index (κ1) is 20.6. The summed E-state index contributed by atoms with van der Waals surface area (Å²) in [6.45, 7) is 6.52. The monoisotopic (exact) mass is 442 g/mol. The number of nitrogens with zero attached hydrogens (tertiary/aromatic N) is 1. The molecular weight excluding hydrogens is 416 g/mol. The Hall–Kier alpha value is -2.14. The molecule has 148 valence electrons. The summed E-state index contributed by atoms with van der Waals surface area (Å²) in [5.41, 5.74) is 3.97. The lowest BCUT2D eigenvalue weighted by atomic mass is 9.99. The summed E-state index contributed by atoms with van der Waals surface area (Å²) < 4.78 is 1.08. The van der Waals surface area contributed by atoms with Crippen LogP contribution in [0.25, 0.3) is 0 Å². The van der Waals surface area contributed by atoms with Crippen LogP contribution in [0.5, 0.6) is 0 Å². The molecule has 1 atom stereocenters. The van der Waals surface area contributed by atoms with Crippen LogP contribution >= 0.6 is 15.9 Å². The van der Waals surface area contributed by atoms with E-state index in [1.54, 1.807) is 0 Å². The molecule has 1 heterocycles. The van der Waals surface area contributed by atoms with Crippen molar-refractivity contribution < 1.29 is 9.59 Å². The molecule has 0 radical (unpaired) electrons. The zero-order chi connectivity index (χ0) is 20.1. The van der Waals surface area contributed by atoms with Crippen molar-refractivity contribution in [1.82, 2.24) is 5.32 Å². The summed E-state index contributed by atoms with van der Waals surface area (Å²) in [7, 11) is 0. The van der Waals surface area contributed by atoms with Gasteiger partial charge in [0, 0.05) is 48.2 Å². The van der Waals surface area contributed by atoms with Gasteiger partial charge in [0.1, 0.15) is 0 Å². The van der Waals surface area contributed by atoms with Crippen molar-refractivity contribution in [3.8, 4) is 0 Å². The maximum atomic E-state index is 12.4. The molecule has 2 aromatic carbocycles. The average Bonchev–Trinajstić information content (AvgIpc) is 3.15. The Labute approximate surface area is 175 Å². The van der Waals surface area contributed by atoms with Crippen LogP contribution in [0.2, 0.25) is 0 Å². The lowest BCUT2D eigenvalue weighted by Gasteiger charge is -2.19. The quantitative estimate of drug-likeness (QED) is 0.633. The Kier molecular flexibility index (Phi) is 6.89. The van der Waals surface area contributed by atoms with Gasteiger partial charge in [-0.2, -0.15) is 0 Å². The van der Waals surface area contributed by atoms with Crippen LogP contribution in [0.1, 0.15) is 40.7 Å². The third-order valence-corrected chi connectivity index (χ3v) is 5.81. The van der Waals surface area contributed by atoms with Gasteiger partial charge in [-0.15, -0.1) is 0 Å². The number of carbonyl (C=O) groups excluding carboxylic acids is 2. The minimum absolute atomic E-state index is 0.0399. The second kappa shape index (κ2) is 9.37. The van der Waals surface area contributed by atoms with E-state index in [1.165, 1.54) is 5.69 Å². The highest BCUT2D eigenvalue weighted by molar-refractivity contribution is 9.10. The second-order valence-corrected chi connectivity index (χ2v) is 8.54. The zero-order valence-corrected chi connectivity index (χ0v) is 18.1. The van der Waals surface area contributed by atoms with Gasteiger partial charge in [-0.1, -0.05) is 39.7 Å². The van der Waals surface area contributed by atoms with Crippen LogP contribution in [0, 0.1) is 19.8 Å². The van der Waals surface area contributed by atoms with Crippen molar-refractivity contribution in [3.05, 3.63) is 63.6 Å². The number of aryl methyl sites for hydroxylation is 2. The normalized spacial score (nSPS) is 16.2. The molecule has 1 fully saturated rings. The molecule has 1 saturated heterocycles. The van der Waals surface area contributed by atoms with E-state index >= 15 is 0 Å².